The van der Waals surface area contributed by atoms with Crippen molar-refractivity contribution in [2.75, 3.05) is 14.2 Å². The molecule has 5 heteroatoms. The normalized spacial score (nSPS) is 10.6. The smallest absolute Gasteiger partial charge is 0.200 e. The zero-order valence-corrected chi connectivity index (χ0v) is 13.7. The van der Waals surface area contributed by atoms with Gasteiger partial charge in [0.25, 0.3) is 0 Å². The number of carbonyl (C=O) groups excluding carboxylic acids is 1. The molecule has 0 aliphatic heterocycles. The standard InChI is InChI=1S/C19H17NO4/c1-11-17(18(21)12-7-5-4-6-8-12)19(22)13-9-15(23-2)16(24-3)10-14(13)20-11/h4-10H,1-3H3,(H,20,22). The largest absolute Gasteiger partial charge is 0.493 e. The zero-order chi connectivity index (χ0) is 17.3. The van der Waals surface area contributed by atoms with Crippen molar-refractivity contribution in [1.82, 2.24) is 4.98 Å². The molecule has 1 heterocycles. The summed E-state index contributed by atoms with van der Waals surface area (Å²) in [6.07, 6.45) is 0. The Morgan fingerprint density at radius 1 is 1.00 bits per heavy atom. The molecule has 5 nitrogen and oxygen atoms in total. The lowest BCUT2D eigenvalue weighted by molar-refractivity contribution is 0.103. The topological polar surface area (TPSA) is 68.4 Å². The first-order valence-electron chi connectivity index (χ1n) is 7.45. The van der Waals surface area contributed by atoms with E-state index in [0.29, 0.717) is 33.7 Å². The van der Waals surface area contributed by atoms with Gasteiger partial charge >= 0.3 is 0 Å². The number of rotatable bonds is 4. The van der Waals surface area contributed by atoms with Crippen LogP contribution in [0.25, 0.3) is 10.9 Å². The molecule has 122 valence electrons. The highest BCUT2D eigenvalue weighted by Gasteiger charge is 2.19. The molecule has 24 heavy (non-hydrogen) atoms. The lowest BCUT2D eigenvalue weighted by Gasteiger charge is -2.11. The maximum absolute atomic E-state index is 12.9. The fourth-order valence-corrected chi connectivity index (χ4v) is 2.75. The van der Waals surface area contributed by atoms with Crippen molar-refractivity contribution in [3.63, 3.8) is 0 Å². The van der Waals surface area contributed by atoms with E-state index in [1.54, 1.807) is 43.3 Å². The van der Waals surface area contributed by atoms with Crippen LogP contribution in [0.5, 0.6) is 11.5 Å². The monoisotopic (exact) mass is 323 g/mol. The lowest BCUT2D eigenvalue weighted by atomic mass is 9.99. The first-order valence-corrected chi connectivity index (χ1v) is 7.45. The number of carbonyl (C=O) groups is 1. The highest BCUT2D eigenvalue weighted by molar-refractivity contribution is 6.11. The Labute approximate surface area is 138 Å². The van der Waals surface area contributed by atoms with Gasteiger partial charge in [0.05, 0.1) is 30.7 Å². The molecule has 1 N–H and O–H groups in total. The van der Waals surface area contributed by atoms with Crippen LogP contribution in [0.15, 0.2) is 47.3 Å². The number of fused-ring (bicyclic) bond motifs is 1. The number of hydrogen-bond donors (Lipinski definition) is 1. The van der Waals surface area contributed by atoms with E-state index in [1.165, 1.54) is 14.2 Å². The van der Waals surface area contributed by atoms with Crippen LogP contribution in [-0.2, 0) is 0 Å². The molecule has 0 spiro atoms. The predicted octanol–water partition coefficient (Wildman–Crippen LogP) is 3.08. The predicted molar refractivity (Wildman–Crippen MR) is 92.3 cm³/mol. The second-order valence-electron chi connectivity index (χ2n) is 5.40. The molecule has 1 aromatic heterocycles. The summed E-state index contributed by atoms with van der Waals surface area (Å²) < 4.78 is 10.5. The number of benzene rings is 2. The maximum Gasteiger partial charge on any atom is 0.200 e. The van der Waals surface area contributed by atoms with E-state index in [-0.39, 0.29) is 16.8 Å². The first kappa shape index (κ1) is 15.8. The summed E-state index contributed by atoms with van der Waals surface area (Å²) in [7, 11) is 3.03. The minimum atomic E-state index is -0.323. The number of aryl methyl sites for hydroxylation is 1. The van der Waals surface area contributed by atoms with Crippen molar-refractivity contribution in [3.8, 4) is 11.5 Å². The Balaban J connectivity index is 2.27. The third-order valence-corrected chi connectivity index (χ3v) is 3.96. The summed E-state index contributed by atoms with van der Waals surface area (Å²) in [5.41, 5.74) is 1.41. The first-order chi connectivity index (χ1) is 11.6. The number of methoxy groups -OCH3 is 2. The van der Waals surface area contributed by atoms with Gasteiger partial charge in [0, 0.05) is 17.3 Å². The van der Waals surface area contributed by atoms with E-state index in [9.17, 15) is 9.59 Å². The van der Waals surface area contributed by atoms with Crippen LogP contribution in [0, 0.1) is 6.92 Å². The fourth-order valence-electron chi connectivity index (χ4n) is 2.75. The van der Waals surface area contributed by atoms with Crippen molar-refractivity contribution in [3.05, 3.63) is 69.5 Å². The minimum absolute atomic E-state index is 0.140. The van der Waals surface area contributed by atoms with Crippen molar-refractivity contribution >= 4 is 16.7 Å². The number of aromatic nitrogens is 1. The van der Waals surface area contributed by atoms with E-state index in [2.05, 4.69) is 4.98 Å². The van der Waals surface area contributed by atoms with Gasteiger partial charge in [-0.3, -0.25) is 9.59 Å². The van der Waals surface area contributed by atoms with E-state index in [1.807, 2.05) is 6.07 Å². The molecular formula is C19H17NO4. The van der Waals surface area contributed by atoms with Gasteiger partial charge < -0.3 is 14.5 Å². The van der Waals surface area contributed by atoms with Gasteiger partial charge in [-0.2, -0.15) is 0 Å². The van der Waals surface area contributed by atoms with Crippen LogP contribution in [0.3, 0.4) is 0 Å². The number of aromatic amines is 1. The molecule has 0 atom stereocenters. The average Bonchev–Trinajstić information content (AvgIpc) is 2.61. The van der Waals surface area contributed by atoms with Crippen LogP contribution >= 0.6 is 0 Å². The van der Waals surface area contributed by atoms with Gasteiger partial charge in [0.1, 0.15) is 0 Å². The number of ketones is 1. The lowest BCUT2D eigenvalue weighted by Crippen LogP contribution is -2.19. The van der Waals surface area contributed by atoms with E-state index in [4.69, 9.17) is 9.47 Å². The van der Waals surface area contributed by atoms with Crippen LogP contribution in [0.2, 0.25) is 0 Å². The van der Waals surface area contributed by atoms with Crippen LogP contribution < -0.4 is 14.9 Å². The second kappa shape index (κ2) is 6.20. The van der Waals surface area contributed by atoms with Gasteiger partial charge in [-0.05, 0) is 13.0 Å². The molecule has 0 amide bonds. The van der Waals surface area contributed by atoms with E-state index < -0.39 is 0 Å². The Kier molecular flexibility index (Phi) is 4.08. The highest BCUT2D eigenvalue weighted by Crippen LogP contribution is 2.30. The van der Waals surface area contributed by atoms with Gasteiger partial charge in [0.15, 0.2) is 17.3 Å². The molecule has 0 saturated heterocycles. The fraction of sp³-hybridized carbons (Fsp3) is 0.158. The molecule has 0 fully saturated rings. The van der Waals surface area contributed by atoms with Gasteiger partial charge in [0.2, 0.25) is 5.43 Å². The third-order valence-electron chi connectivity index (χ3n) is 3.96. The van der Waals surface area contributed by atoms with Crippen molar-refractivity contribution in [2.24, 2.45) is 0 Å². The molecule has 0 saturated carbocycles. The molecule has 3 rings (SSSR count). The Morgan fingerprint density at radius 3 is 2.25 bits per heavy atom. The molecule has 0 aliphatic carbocycles. The summed E-state index contributed by atoms with van der Waals surface area (Å²) in [4.78, 5) is 28.7. The molecule has 0 bridgehead atoms. The highest BCUT2D eigenvalue weighted by atomic mass is 16.5. The van der Waals surface area contributed by atoms with Crippen molar-refractivity contribution < 1.29 is 14.3 Å². The van der Waals surface area contributed by atoms with Gasteiger partial charge in [-0.25, -0.2) is 0 Å². The number of nitrogens with one attached hydrogen (secondary N) is 1. The van der Waals surface area contributed by atoms with Gasteiger partial charge in [-0.15, -0.1) is 0 Å². The molecular weight excluding hydrogens is 306 g/mol. The number of pyridine rings is 1. The summed E-state index contributed by atoms with van der Waals surface area (Å²) in [5, 5.41) is 0.387. The quantitative estimate of drug-likeness (QED) is 0.749. The van der Waals surface area contributed by atoms with Crippen molar-refractivity contribution in [2.45, 2.75) is 6.92 Å². The summed E-state index contributed by atoms with van der Waals surface area (Å²) in [6, 6.07) is 12.0. The summed E-state index contributed by atoms with van der Waals surface area (Å²) in [5.74, 6) is 0.658. The van der Waals surface area contributed by atoms with Crippen LogP contribution in [0.4, 0.5) is 0 Å². The Bertz CT molecular complexity index is 974. The average molecular weight is 323 g/mol. The third kappa shape index (κ3) is 2.54. The second-order valence-corrected chi connectivity index (χ2v) is 5.40. The molecule has 0 unspecified atom stereocenters. The number of ether oxygens (including phenoxy) is 2. The number of H-pyrrole nitrogens is 1. The summed E-state index contributed by atoms with van der Waals surface area (Å²) >= 11 is 0. The van der Waals surface area contributed by atoms with E-state index in [0.717, 1.165) is 0 Å². The Morgan fingerprint density at radius 2 is 1.62 bits per heavy atom. The Hall–Kier alpha value is -3.08. The molecule has 2 aromatic carbocycles. The summed E-state index contributed by atoms with van der Waals surface area (Å²) in [6.45, 7) is 1.72. The molecule has 3 aromatic rings. The van der Waals surface area contributed by atoms with Crippen LogP contribution in [0.1, 0.15) is 21.6 Å². The maximum atomic E-state index is 12.9. The SMILES string of the molecule is COc1cc2[nH]c(C)c(C(=O)c3ccccc3)c(=O)c2cc1OC. The van der Waals surface area contributed by atoms with E-state index >= 15 is 0 Å². The van der Waals surface area contributed by atoms with Gasteiger partial charge in [-0.1, -0.05) is 30.3 Å². The number of hydrogen-bond acceptors (Lipinski definition) is 4. The van der Waals surface area contributed by atoms with Crippen LogP contribution in [-0.4, -0.2) is 25.0 Å². The van der Waals surface area contributed by atoms with Crippen molar-refractivity contribution in [1.29, 1.82) is 0 Å². The molecule has 0 aliphatic rings. The molecule has 0 radical (unpaired) electrons. The zero-order valence-electron chi connectivity index (χ0n) is 13.7. The minimum Gasteiger partial charge on any atom is -0.493 e.